The average Bonchev–Trinajstić information content (AvgIpc) is 2.27. The van der Waals surface area contributed by atoms with E-state index in [2.05, 4.69) is 11.2 Å². The molecule has 0 aliphatic rings. The van der Waals surface area contributed by atoms with E-state index in [0.717, 1.165) is 5.56 Å². The van der Waals surface area contributed by atoms with Crippen LogP contribution in [0, 0.1) is 12.3 Å². The van der Waals surface area contributed by atoms with Gasteiger partial charge in [-0.2, -0.15) is 0 Å². The molecule has 0 radical (unpaired) electrons. The molecule has 0 unspecified atom stereocenters. The molecule has 0 bridgehead atoms. The molecule has 1 rings (SSSR count). The molecule has 1 aromatic rings. The zero-order valence-electron chi connectivity index (χ0n) is 8.44. The Morgan fingerprint density at radius 2 is 2.13 bits per heavy atom. The number of rotatable bonds is 4. The van der Waals surface area contributed by atoms with Crippen molar-refractivity contribution in [2.45, 2.75) is 12.5 Å². The summed E-state index contributed by atoms with van der Waals surface area (Å²) in [5.74, 6) is 2.12. The lowest BCUT2D eigenvalue weighted by atomic mass is 10.1. The van der Waals surface area contributed by atoms with Crippen LogP contribution in [0.1, 0.15) is 5.56 Å². The topological polar surface area (TPSA) is 55.1 Å². The number of terminal acetylenes is 1. The second-order valence-corrected chi connectivity index (χ2v) is 3.22. The Morgan fingerprint density at radius 1 is 1.47 bits per heavy atom. The molecule has 78 valence electrons. The van der Waals surface area contributed by atoms with Crippen LogP contribution in [0.2, 0.25) is 0 Å². The lowest BCUT2D eigenvalue weighted by Gasteiger charge is -2.10. The standard InChI is InChI=1S/C12H14N2O/c1-2-8-14-12(15)11(13)9-10-6-4-3-5-7-10/h1,3-7,11H,8-9,13H2,(H,14,15)/t11-/m1/s1. The highest BCUT2D eigenvalue weighted by atomic mass is 16.2. The Morgan fingerprint density at radius 3 is 2.73 bits per heavy atom. The first-order valence-electron chi connectivity index (χ1n) is 4.74. The van der Waals surface area contributed by atoms with Crippen LogP contribution in [-0.4, -0.2) is 18.5 Å². The van der Waals surface area contributed by atoms with Crippen molar-refractivity contribution in [3.63, 3.8) is 0 Å². The fourth-order valence-electron chi connectivity index (χ4n) is 1.23. The van der Waals surface area contributed by atoms with Gasteiger partial charge >= 0.3 is 0 Å². The van der Waals surface area contributed by atoms with E-state index in [9.17, 15) is 4.79 Å². The van der Waals surface area contributed by atoms with Gasteiger partial charge in [-0.1, -0.05) is 36.3 Å². The van der Waals surface area contributed by atoms with Gasteiger partial charge in [0.05, 0.1) is 12.6 Å². The number of nitrogens with one attached hydrogen (secondary N) is 1. The first-order valence-corrected chi connectivity index (χ1v) is 4.74. The fourth-order valence-corrected chi connectivity index (χ4v) is 1.23. The molecule has 1 aromatic carbocycles. The summed E-state index contributed by atoms with van der Waals surface area (Å²) in [6.07, 6.45) is 5.55. The van der Waals surface area contributed by atoms with E-state index in [4.69, 9.17) is 12.2 Å². The molecule has 0 heterocycles. The van der Waals surface area contributed by atoms with Crippen LogP contribution in [0.15, 0.2) is 30.3 Å². The first-order chi connectivity index (χ1) is 7.24. The zero-order chi connectivity index (χ0) is 11.1. The molecular formula is C12H14N2O. The lowest BCUT2D eigenvalue weighted by molar-refractivity contribution is -0.122. The number of nitrogens with two attached hydrogens (primary N) is 1. The molecule has 0 saturated heterocycles. The van der Waals surface area contributed by atoms with Crippen LogP contribution in [0.5, 0.6) is 0 Å². The predicted molar refractivity (Wildman–Crippen MR) is 60.0 cm³/mol. The van der Waals surface area contributed by atoms with Gasteiger partial charge in [0, 0.05) is 0 Å². The minimum absolute atomic E-state index is 0.211. The maximum absolute atomic E-state index is 11.4. The maximum atomic E-state index is 11.4. The van der Waals surface area contributed by atoms with Crippen molar-refractivity contribution in [1.82, 2.24) is 5.32 Å². The molecule has 0 aliphatic heterocycles. The first kappa shape index (κ1) is 11.3. The van der Waals surface area contributed by atoms with Crippen molar-refractivity contribution in [1.29, 1.82) is 0 Å². The van der Waals surface area contributed by atoms with Gasteiger partial charge in [-0.25, -0.2) is 0 Å². The number of carbonyl (C=O) groups excluding carboxylic acids is 1. The highest BCUT2D eigenvalue weighted by Gasteiger charge is 2.12. The van der Waals surface area contributed by atoms with E-state index >= 15 is 0 Å². The smallest absolute Gasteiger partial charge is 0.238 e. The number of hydrogen-bond acceptors (Lipinski definition) is 2. The van der Waals surface area contributed by atoms with Gasteiger partial charge < -0.3 is 11.1 Å². The summed E-state index contributed by atoms with van der Waals surface area (Å²) in [6.45, 7) is 0.224. The summed E-state index contributed by atoms with van der Waals surface area (Å²) in [5.41, 5.74) is 6.75. The maximum Gasteiger partial charge on any atom is 0.238 e. The molecule has 0 aromatic heterocycles. The Hall–Kier alpha value is -1.79. The molecule has 1 amide bonds. The summed E-state index contributed by atoms with van der Waals surface area (Å²) in [6, 6.07) is 9.10. The Labute approximate surface area is 89.7 Å². The van der Waals surface area contributed by atoms with Gasteiger partial charge in [-0.15, -0.1) is 6.42 Å². The summed E-state index contributed by atoms with van der Waals surface area (Å²) >= 11 is 0. The van der Waals surface area contributed by atoms with Gasteiger partial charge in [0.1, 0.15) is 0 Å². The van der Waals surface area contributed by atoms with Gasteiger partial charge in [-0.3, -0.25) is 4.79 Å². The van der Waals surface area contributed by atoms with E-state index in [-0.39, 0.29) is 12.5 Å². The van der Waals surface area contributed by atoms with Gasteiger partial charge in [0.25, 0.3) is 0 Å². The van der Waals surface area contributed by atoms with Crippen molar-refractivity contribution in [2.24, 2.45) is 5.73 Å². The predicted octanol–water partition coefficient (Wildman–Crippen LogP) is 0.306. The molecule has 1 atom stereocenters. The second-order valence-electron chi connectivity index (χ2n) is 3.22. The van der Waals surface area contributed by atoms with Crippen LogP contribution in [0.3, 0.4) is 0 Å². The second kappa shape index (κ2) is 5.84. The SMILES string of the molecule is C#CCNC(=O)[C@H](N)Cc1ccccc1. The Balaban J connectivity index is 2.46. The van der Waals surface area contributed by atoms with E-state index in [0.29, 0.717) is 6.42 Å². The fraction of sp³-hybridized carbons (Fsp3) is 0.250. The molecule has 15 heavy (non-hydrogen) atoms. The van der Waals surface area contributed by atoms with Gasteiger partial charge in [0.15, 0.2) is 0 Å². The van der Waals surface area contributed by atoms with Gasteiger partial charge in [0.2, 0.25) is 5.91 Å². The van der Waals surface area contributed by atoms with Crippen LogP contribution in [0.25, 0.3) is 0 Å². The zero-order valence-corrected chi connectivity index (χ0v) is 8.44. The number of carbonyl (C=O) groups is 1. The van der Waals surface area contributed by atoms with Crippen LogP contribution in [-0.2, 0) is 11.2 Å². The third-order valence-corrected chi connectivity index (χ3v) is 2.00. The molecule has 3 heteroatoms. The highest BCUT2D eigenvalue weighted by Crippen LogP contribution is 2.01. The van der Waals surface area contributed by atoms with E-state index in [1.807, 2.05) is 30.3 Å². The largest absolute Gasteiger partial charge is 0.344 e. The molecule has 0 fully saturated rings. The van der Waals surface area contributed by atoms with Crippen molar-refractivity contribution >= 4 is 5.91 Å². The number of hydrogen-bond donors (Lipinski definition) is 2. The average molecular weight is 202 g/mol. The number of amides is 1. The molecule has 3 N–H and O–H groups in total. The van der Waals surface area contributed by atoms with Crippen LogP contribution >= 0.6 is 0 Å². The van der Waals surface area contributed by atoms with Crippen LogP contribution < -0.4 is 11.1 Å². The van der Waals surface area contributed by atoms with Crippen molar-refractivity contribution < 1.29 is 4.79 Å². The van der Waals surface area contributed by atoms with E-state index in [1.165, 1.54) is 0 Å². The Bertz CT molecular complexity index is 354. The number of benzene rings is 1. The highest BCUT2D eigenvalue weighted by molar-refractivity contribution is 5.82. The third kappa shape index (κ3) is 3.84. The quantitative estimate of drug-likeness (QED) is 0.690. The molecular weight excluding hydrogens is 188 g/mol. The van der Waals surface area contributed by atoms with Crippen molar-refractivity contribution in [3.05, 3.63) is 35.9 Å². The molecule has 0 aliphatic carbocycles. The monoisotopic (exact) mass is 202 g/mol. The Kier molecular flexibility index (Phi) is 4.39. The minimum atomic E-state index is -0.541. The molecule has 0 saturated carbocycles. The van der Waals surface area contributed by atoms with Crippen molar-refractivity contribution in [3.8, 4) is 12.3 Å². The third-order valence-electron chi connectivity index (χ3n) is 2.00. The van der Waals surface area contributed by atoms with Crippen molar-refractivity contribution in [2.75, 3.05) is 6.54 Å². The minimum Gasteiger partial charge on any atom is -0.344 e. The van der Waals surface area contributed by atoms with Crippen LogP contribution in [0.4, 0.5) is 0 Å². The summed E-state index contributed by atoms with van der Waals surface area (Å²) in [4.78, 5) is 11.4. The van der Waals surface area contributed by atoms with E-state index < -0.39 is 6.04 Å². The van der Waals surface area contributed by atoms with E-state index in [1.54, 1.807) is 0 Å². The molecule has 3 nitrogen and oxygen atoms in total. The summed E-state index contributed by atoms with van der Waals surface area (Å²) < 4.78 is 0. The summed E-state index contributed by atoms with van der Waals surface area (Å²) in [7, 11) is 0. The van der Waals surface area contributed by atoms with Gasteiger partial charge in [-0.05, 0) is 12.0 Å². The summed E-state index contributed by atoms with van der Waals surface area (Å²) in [5, 5.41) is 2.55. The normalized spacial score (nSPS) is 11.5. The molecule has 0 spiro atoms. The lowest BCUT2D eigenvalue weighted by Crippen LogP contribution is -2.42.